The van der Waals surface area contributed by atoms with Gasteiger partial charge >= 0.3 is 0 Å². The van der Waals surface area contributed by atoms with E-state index in [9.17, 15) is 10.1 Å². The number of non-ortho nitro benzene ring substituents is 1. The van der Waals surface area contributed by atoms with Crippen molar-refractivity contribution < 1.29 is 4.92 Å². The van der Waals surface area contributed by atoms with E-state index in [1.54, 1.807) is 12.1 Å². The number of hydrogen-bond acceptors (Lipinski definition) is 3. The molecule has 5 heteroatoms. The Kier molecular flexibility index (Phi) is 2.15. The first kappa shape index (κ1) is 9.64. The SMILES string of the molecule is CC(C)c1[nH]nc2ccc([N+](=O)[O-])cc12. The summed E-state index contributed by atoms with van der Waals surface area (Å²) in [6.45, 7) is 4.04. The molecule has 1 aromatic heterocycles. The Balaban J connectivity index is 2.66. The summed E-state index contributed by atoms with van der Waals surface area (Å²) >= 11 is 0. The van der Waals surface area contributed by atoms with E-state index in [0.717, 1.165) is 16.6 Å². The van der Waals surface area contributed by atoms with E-state index >= 15 is 0 Å². The second-order valence-corrected chi connectivity index (χ2v) is 3.75. The van der Waals surface area contributed by atoms with Gasteiger partial charge < -0.3 is 0 Å². The highest BCUT2D eigenvalue weighted by atomic mass is 16.6. The highest BCUT2D eigenvalue weighted by Crippen LogP contribution is 2.26. The molecule has 0 saturated heterocycles. The lowest BCUT2D eigenvalue weighted by Crippen LogP contribution is -1.89. The van der Waals surface area contributed by atoms with Crippen molar-refractivity contribution >= 4 is 16.6 Å². The monoisotopic (exact) mass is 205 g/mol. The Labute approximate surface area is 86.3 Å². The minimum atomic E-state index is -0.392. The number of aromatic amines is 1. The molecule has 0 spiro atoms. The predicted molar refractivity (Wildman–Crippen MR) is 56.8 cm³/mol. The van der Waals surface area contributed by atoms with Crippen LogP contribution in [0.1, 0.15) is 25.5 Å². The number of nitrogens with zero attached hydrogens (tertiary/aromatic N) is 2. The molecule has 0 aliphatic rings. The molecule has 15 heavy (non-hydrogen) atoms. The van der Waals surface area contributed by atoms with Gasteiger partial charge in [0.15, 0.2) is 0 Å². The number of nitro benzene ring substituents is 1. The number of nitro groups is 1. The quantitative estimate of drug-likeness (QED) is 0.605. The maximum Gasteiger partial charge on any atom is 0.270 e. The average Bonchev–Trinajstić information content (AvgIpc) is 2.59. The van der Waals surface area contributed by atoms with E-state index in [1.807, 2.05) is 13.8 Å². The first-order chi connectivity index (χ1) is 7.09. The minimum Gasteiger partial charge on any atom is -0.281 e. The van der Waals surface area contributed by atoms with Crippen LogP contribution in [0.15, 0.2) is 18.2 Å². The number of nitrogens with one attached hydrogen (secondary N) is 1. The van der Waals surface area contributed by atoms with Crippen molar-refractivity contribution in [1.82, 2.24) is 10.2 Å². The highest BCUT2D eigenvalue weighted by molar-refractivity contribution is 5.84. The lowest BCUT2D eigenvalue weighted by Gasteiger charge is -2.00. The lowest BCUT2D eigenvalue weighted by atomic mass is 10.1. The van der Waals surface area contributed by atoms with Crippen molar-refractivity contribution in [3.63, 3.8) is 0 Å². The molecular weight excluding hydrogens is 194 g/mol. The van der Waals surface area contributed by atoms with Gasteiger partial charge in [-0.25, -0.2) is 0 Å². The molecule has 0 radical (unpaired) electrons. The maximum atomic E-state index is 10.6. The number of rotatable bonds is 2. The zero-order valence-corrected chi connectivity index (χ0v) is 8.52. The first-order valence-electron chi connectivity index (χ1n) is 4.72. The summed E-state index contributed by atoms with van der Waals surface area (Å²) in [6, 6.07) is 4.69. The van der Waals surface area contributed by atoms with Gasteiger partial charge in [-0.15, -0.1) is 0 Å². The number of hydrogen-bond donors (Lipinski definition) is 1. The van der Waals surface area contributed by atoms with Crippen LogP contribution >= 0.6 is 0 Å². The fourth-order valence-electron chi connectivity index (χ4n) is 1.57. The van der Waals surface area contributed by atoms with Crippen molar-refractivity contribution in [2.45, 2.75) is 19.8 Å². The van der Waals surface area contributed by atoms with Crippen molar-refractivity contribution in [1.29, 1.82) is 0 Å². The molecular formula is C10H11N3O2. The average molecular weight is 205 g/mol. The normalized spacial score (nSPS) is 11.1. The van der Waals surface area contributed by atoms with Crippen LogP contribution in [0.3, 0.4) is 0 Å². The molecule has 0 aliphatic carbocycles. The van der Waals surface area contributed by atoms with Gasteiger partial charge in [0.05, 0.1) is 10.4 Å². The summed E-state index contributed by atoms with van der Waals surface area (Å²) in [5.74, 6) is 0.275. The third-order valence-electron chi connectivity index (χ3n) is 2.36. The van der Waals surface area contributed by atoms with Gasteiger partial charge in [0, 0.05) is 23.2 Å². The third kappa shape index (κ3) is 1.56. The van der Waals surface area contributed by atoms with Crippen molar-refractivity contribution in [2.75, 3.05) is 0 Å². The van der Waals surface area contributed by atoms with E-state index in [2.05, 4.69) is 10.2 Å². The third-order valence-corrected chi connectivity index (χ3v) is 2.36. The van der Waals surface area contributed by atoms with Crippen molar-refractivity contribution in [3.8, 4) is 0 Å². The van der Waals surface area contributed by atoms with Crippen molar-refractivity contribution in [3.05, 3.63) is 34.0 Å². The molecule has 0 fully saturated rings. The topological polar surface area (TPSA) is 71.8 Å². The zero-order chi connectivity index (χ0) is 11.0. The van der Waals surface area contributed by atoms with E-state index in [1.165, 1.54) is 6.07 Å². The van der Waals surface area contributed by atoms with Gasteiger partial charge in [-0.05, 0) is 12.0 Å². The van der Waals surface area contributed by atoms with E-state index in [0.29, 0.717) is 0 Å². The summed E-state index contributed by atoms with van der Waals surface area (Å²) in [5.41, 5.74) is 1.81. The fraction of sp³-hybridized carbons (Fsp3) is 0.300. The zero-order valence-electron chi connectivity index (χ0n) is 8.52. The van der Waals surface area contributed by atoms with Crippen LogP contribution in [0.25, 0.3) is 10.9 Å². The fourth-order valence-corrected chi connectivity index (χ4v) is 1.57. The van der Waals surface area contributed by atoms with Gasteiger partial charge in [-0.3, -0.25) is 15.2 Å². The molecule has 0 amide bonds. The number of aromatic nitrogens is 2. The Hall–Kier alpha value is -1.91. The van der Waals surface area contributed by atoms with Crippen LogP contribution in [0.4, 0.5) is 5.69 Å². The molecule has 5 nitrogen and oxygen atoms in total. The van der Waals surface area contributed by atoms with Crippen molar-refractivity contribution in [2.24, 2.45) is 0 Å². The Morgan fingerprint density at radius 3 is 2.80 bits per heavy atom. The predicted octanol–water partition coefficient (Wildman–Crippen LogP) is 2.59. The molecule has 0 aliphatic heterocycles. The Morgan fingerprint density at radius 2 is 2.20 bits per heavy atom. The van der Waals surface area contributed by atoms with Crippen LogP contribution in [0.2, 0.25) is 0 Å². The van der Waals surface area contributed by atoms with E-state index in [4.69, 9.17) is 0 Å². The van der Waals surface area contributed by atoms with Gasteiger partial charge in [-0.2, -0.15) is 5.10 Å². The number of H-pyrrole nitrogens is 1. The number of benzene rings is 1. The van der Waals surface area contributed by atoms with Crippen LogP contribution in [-0.2, 0) is 0 Å². The molecule has 2 rings (SSSR count). The van der Waals surface area contributed by atoms with E-state index < -0.39 is 4.92 Å². The molecule has 1 N–H and O–H groups in total. The maximum absolute atomic E-state index is 10.6. The lowest BCUT2D eigenvalue weighted by molar-refractivity contribution is -0.384. The van der Waals surface area contributed by atoms with Gasteiger partial charge in [0.1, 0.15) is 0 Å². The Bertz CT molecular complexity index is 516. The van der Waals surface area contributed by atoms with E-state index in [-0.39, 0.29) is 11.6 Å². The molecule has 2 aromatic rings. The molecule has 78 valence electrons. The minimum absolute atomic E-state index is 0.103. The first-order valence-corrected chi connectivity index (χ1v) is 4.72. The molecule has 0 saturated carbocycles. The summed E-state index contributed by atoms with van der Waals surface area (Å²) < 4.78 is 0. The molecule has 1 heterocycles. The van der Waals surface area contributed by atoms with Crippen LogP contribution in [-0.4, -0.2) is 15.1 Å². The Morgan fingerprint density at radius 1 is 1.47 bits per heavy atom. The standard InChI is InChI=1S/C10H11N3O2/c1-6(2)10-8-5-7(13(14)15)3-4-9(8)11-12-10/h3-6H,1-2H3,(H,11,12). The van der Waals surface area contributed by atoms with Gasteiger partial charge in [0.25, 0.3) is 5.69 Å². The smallest absolute Gasteiger partial charge is 0.270 e. The summed E-state index contributed by atoms with van der Waals surface area (Å²) in [6.07, 6.45) is 0. The van der Waals surface area contributed by atoms with Crippen LogP contribution < -0.4 is 0 Å². The molecule has 0 unspecified atom stereocenters. The second kappa shape index (κ2) is 3.34. The molecule has 0 atom stereocenters. The van der Waals surface area contributed by atoms with Gasteiger partial charge in [0.2, 0.25) is 0 Å². The molecule has 1 aromatic carbocycles. The summed E-state index contributed by atoms with van der Waals surface area (Å²) in [4.78, 5) is 10.2. The summed E-state index contributed by atoms with van der Waals surface area (Å²) in [7, 11) is 0. The largest absolute Gasteiger partial charge is 0.281 e. The summed E-state index contributed by atoms with van der Waals surface area (Å²) in [5, 5.41) is 18.5. The molecule has 0 bridgehead atoms. The highest BCUT2D eigenvalue weighted by Gasteiger charge is 2.13. The second-order valence-electron chi connectivity index (χ2n) is 3.75. The van der Waals surface area contributed by atoms with Crippen LogP contribution in [0.5, 0.6) is 0 Å². The van der Waals surface area contributed by atoms with Crippen LogP contribution in [0, 0.1) is 10.1 Å². The van der Waals surface area contributed by atoms with Gasteiger partial charge in [-0.1, -0.05) is 13.8 Å². The number of fused-ring (bicyclic) bond motifs is 1.